The highest BCUT2D eigenvalue weighted by molar-refractivity contribution is 5.98. The average Bonchev–Trinajstić information content (AvgIpc) is 3.28. The van der Waals surface area contributed by atoms with Crippen molar-refractivity contribution in [3.63, 3.8) is 0 Å². The number of carbonyl (C=O) groups excluding carboxylic acids is 7. The van der Waals surface area contributed by atoms with Crippen LogP contribution in [0.2, 0.25) is 0 Å². The number of amides is 6. The van der Waals surface area contributed by atoms with E-state index in [1.165, 1.54) is 69.8 Å². The first-order valence-electron chi connectivity index (χ1n) is 20.6. The van der Waals surface area contributed by atoms with Crippen LogP contribution in [0.5, 0.6) is 23.0 Å². The Morgan fingerprint density at radius 2 is 1.21 bits per heavy atom. The Labute approximate surface area is 365 Å². The van der Waals surface area contributed by atoms with Gasteiger partial charge in [-0.15, -0.1) is 0 Å². The molecule has 3 aliphatic heterocycles. The van der Waals surface area contributed by atoms with Gasteiger partial charge in [-0.05, 0) is 86.0 Å². The number of carbonyl (C=O) groups is 7. The fourth-order valence-corrected chi connectivity index (χ4v) is 7.48. The molecule has 0 aliphatic carbocycles. The number of nitrogens with one attached hydrogen (secondary N) is 3. The molecule has 0 spiro atoms. The van der Waals surface area contributed by atoms with E-state index in [1.807, 2.05) is 0 Å². The lowest BCUT2D eigenvalue weighted by atomic mass is 9.98. The van der Waals surface area contributed by atoms with Gasteiger partial charge in [0, 0.05) is 40.4 Å². The molecule has 6 amide bonds. The Bertz CT molecular complexity index is 2360. The molecule has 6 unspecified atom stereocenters. The van der Waals surface area contributed by atoms with Crippen molar-refractivity contribution in [2.24, 2.45) is 0 Å². The van der Waals surface area contributed by atoms with Crippen LogP contribution in [0.15, 0.2) is 97.1 Å². The summed E-state index contributed by atoms with van der Waals surface area (Å²) in [6.07, 6.45) is -0.0483. The van der Waals surface area contributed by atoms with Crippen molar-refractivity contribution in [2.45, 2.75) is 76.3 Å². The molecule has 3 aliphatic rings. The molecule has 3 N–H and O–H groups in total. The fourth-order valence-electron chi connectivity index (χ4n) is 7.48. The van der Waals surface area contributed by atoms with Gasteiger partial charge in [-0.3, -0.25) is 28.8 Å². The zero-order valence-electron chi connectivity index (χ0n) is 36.2. The molecule has 16 nitrogen and oxygen atoms in total. The van der Waals surface area contributed by atoms with E-state index in [1.54, 1.807) is 91.0 Å². The number of rotatable bonds is 5. The second kappa shape index (κ2) is 19.6. The van der Waals surface area contributed by atoms with Crippen molar-refractivity contribution in [1.82, 2.24) is 30.7 Å². The van der Waals surface area contributed by atoms with Crippen molar-refractivity contribution in [1.29, 1.82) is 0 Å². The number of hydrogen-bond acceptors (Lipinski definition) is 10. The van der Waals surface area contributed by atoms with Crippen molar-refractivity contribution in [2.75, 3.05) is 28.3 Å². The molecule has 7 rings (SSSR count). The maximum atomic E-state index is 14.8. The molecule has 1 fully saturated rings. The quantitative estimate of drug-likeness (QED) is 0.199. The van der Waals surface area contributed by atoms with E-state index in [4.69, 9.17) is 14.2 Å². The normalized spacial score (nSPS) is 22.8. The predicted molar refractivity (Wildman–Crippen MR) is 231 cm³/mol. The summed E-state index contributed by atoms with van der Waals surface area (Å²) in [6, 6.07) is 19.9. The summed E-state index contributed by atoms with van der Waals surface area (Å²) in [5.41, 5.74) is 2.15. The van der Waals surface area contributed by atoms with Crippen LogP contribution < -0.4 is 30.2 Å². The van der Waals surface area contributed by atoms with Crippen LogP contribution in [0.25, 0.3) is 0 Å². The van der Waals surface area contributed by atoms with E-state index in [0.717, 1.165) is 0 Å². The van der Waals surface area contributed by atoms with Gasteiger partial charge >= 0.3 is 5.97 Å². The number of benzene rings is 4. The Morgan fingerprint density at radius 3 is 1.86 bits per heavy atom. The fraction of sp³-hybridized carbons (Fsp3) is 0.340. The molecule has 16 heteroatoms. The predicted octanol–water partition coefficient (Wildman–Crippen LogP) is 3.06. The van der Waals surface area contributed by atoms with Crippen LogP contribution >= 0.6 is 0 Å². The lowest BCUT2D eigenvalue weighted by Crippen LogP contribution is -2.61. The Hall–Kier alpha value is -7.23. The van der Waals surface area contributed by atoms with E-state index < -0.39 is 77.7 Å². The minimum atomic E-state index is -1.26. The molecule has 3 heterocycles. The molecule has 4 aromatic carbocycles. The average molecular weight is 861 g/mol. The van der Waals surface area contributed by atoms with Gasteiger partial charge in [-0.1, -0.05) is 48.5 Å². The number of nitrogens with zero attached hydrogens (tertiary/aromatic N) is 3. The van der Waals surface area contributed by atoms with Gasteiger partial charge in [-0.25, -0.2) is 4.79 Å². The first kappa shape index (κ1) is 45.3. The van der Waals surface area contributed by atoms with Gasteiger partial charge < -0.3 is 44.9 Å². The van der Waals surface area contributed by atoms with Gasteiger partial charge in [0.25, 0.3) is 0 Å². The highest BCUT2D eigenvalue weighted by Crippen LogP contribution is 2.35. The summed E-state index contributed by atoms with van der Waals surface area (Å²) < 4.78 is 17.3. The van der Waals surface area contributed by atoms with E-state index in [0.29, 0.717) is 33.8 Å². The number of methoxy groups -OCH3 is 1. The minimum absolute atomic E-state index is 0.0000353. The molecule has 0 radical (unpaired) electrons. The molecule has 330 valence electrons. The third-order valence-corrected chi connectivity index (χ3v) is 11.4. The minimum Gasteiger partial charge on any atom is -0.497 e. The number of likely N-dealkylation sites (N-methyl/N-ethyl adjacent to an activating group) is 3. The van der Waals surface area contributed by atoms with Crippen LogP contribution in [0, 0.1) is 0 Å². The summed E-state index contributed by atoms with van der Waals surface area (Å²) in [7, 11) is 5.86. The second-order valence-electron chi connectivity index (χ2n) is 15.8. The second-order valence-corrected chi connectivity index (χ2v) is 15.8. The van der Waals surface area contributed by atoms with Crippen LogP contribution in [-0.4, -0.2) is 121 Å². The Kier molecular flexibility index (Phi) is 14.1. The van der Waals surface area contributed by atoms with Crippen molar-refractivity contribution in [3.8, 4) is 23.0 Å². The van der Waals surface area contributed by atoms with Crippen molar-refractivity contribution in [3.05, 3.63) is 119 Å². The molecule has 63 heavy (non-hydrogen) atoms. The summed E-state index contributed by atoms with van der Waals surface area (Å²) in [5, 5.41) is 8.12. The van der Waals surface area contributed by atoms with Gasteiger partial charge in [-0.2, -0.15) is 0 Å². The summed E-state index contributed by atoms with van der Waals surface area (Å²) >= 11 is 0. The SMILES string of the molecule is COc1ccc(CC2C(=O)NC(C)C(=O)N(C)C3Cc4ccc(cc4)Oc4cc(ccc4OC(=O)c4ccccc4)CC(C(=O)NC(C)C(=O)NC(C)C(=O)N2C)N(C)C3=O)cc1. The number of esters is 1. The first-order valence-corrected chi connectivity index (χ1v) is 20.6. The lowest BCUT2D eigenvalue weighted by molar-refractivity contribution is -0.149. The molecule has 0 aromatic heterocycles. The van der Waals surface area contributed by atoms with E-state index >= 15 is 0 Å². The van der Waals surface area contributed by atoms with Crippen molar-refractivity contribution >= 4 is 41.4 Å². The number of hydrogen-bond donors (Lipinski definition) is 3. The highest BCUT2D eigenvalue weighted by atomic mass is 16.6. The van der Waals surface area contributed by atoms with E-state index in [-0.39, 0.29) is 30.8 Å². The van der Waals surface area contributed by atoms with Crippen LogP contribution in [0.4, 0.5) is 0 Å². The third kappa shape index (κ3) is 10.6. The first-order chi connectivity index (χ1) is 30.0. The Balaban J connectivity index is 1.39. The van der Waals surface area contributed by atoms with Crippen LogP contribution in [0.3, 0.4) is 0 Å². The zero-order chi connectivity index (χ0) is 45.5. The van der Waals surface area contributed by atoms with Crippen LogP contribution in [-0.2, 0) is 48.0 Å². The smallest absolute Gasteiger partial charge is 0.343 e. The number of ether oxygens (including phenoxy) is 3. The highest BCUT2D eigenvalue weighted by Gasteiger charge is 2.39. The molecular weight excluding hydrogens is 809 g/mol. The maximum absolute atomic E-state index is 14.8. The van der Waals surface area contributed by atoms with Gasteiger partial charge in [0.2, 0.25) is 35.4 Å². The molecule has 4 aromatic rings. The lowest BCUT2D eigenvalue weighted by Gasteiger charge is -2.36. The summed E-state index contributed by atoms with van der Waals surface area (Å²) in [4.78, 5) is 102. The zero-order valence-corrected chi connectivity index (χ0v) is 36.2. The van der Waals surface area contributed by atoms with Gasteiger partial charge in [0.1, 0.15) is 47.8 Å². The third-order valence-electron chi connectivity index (χ3n) is 11.4. The maximum Gasteiger partial charge on any atom is 0.343 e. The monoisotopic (exact) mass is 860 g/mol. The molecule has 0 saturated carbocycles. The van der Waals surface area contributed by atoms with Gasteiger partial charge in [0.05, 0.1) is 12.7 Å². The van der Waals surface area contributed by atoms with Gasteiger partial charge in [0.15, 0.2) is 11.5 Å². The molecule has 6 bridgehead atoms. The molecule has 6 atom stereocenters. The topological polar surface area (TPSA) is 193 Å². The Morgan fingerprint density at radius 1 is 0.635 bits per heavy atom. The van der Waals surface area contributed by atoms with E-state index in [9.17, 15) is 33.6 Å². The standard InChI is InChI=1S/C47H52N6O10/c1-27-41(54)49-28(2)44(57)51(4)36(23-30-13-18-34(61-7)19-14-30)43(56)50-29(3)45(58)53(6)38-24-31-15-20-35(21-16-31)62-40-26-32(25-37(42(55)48-27)52(5)46(38)59)17-22-39(40)63-47(60)33-11-9-8-10-12-33/h8-22,26-29,36-38H,23-25H2,1-7H3,(H,48,55)(H,49,54)(H,50,56). The summed E-state index contributed by atoms with van der Waals surface area (Å²) in [5.74, 6) is -3.19. The van der Waals surface area contributed by atoms with E-state index in [2.05, 4.69) is 16.0 Å². The summed E-state index contributed by atoms with van der Waals surface area (Å²) in [6.45, 7) is 4.40. The number of fused-ring (bicyclic) bond motifs is 2. The van der Waals surface area contributed by atoms with Crippen LogP contribution in [0.1, 0.15) is 47.8 Å². The van der Waals surface area contributed by atoms with Crippen molar-refractivity contribution < 1.29 is 47.8 Å². The molecular formula is C47H52N6O10. The molecule has 1 saturated heterocycles. The largest absolute Gasteiger partial charge is 0.497 e.